The third-order valence-corrected chi connectivity index (χ3v) is 14.7. The second-order valence-electron chi connectivity index (χ2n) is 20.0. The van der Waals surface area contributed by atoms with Crippen LogP contribution in [-0.2, 0) is 43.9 Å². The first-order valence-corrected chi connectivity index (χ1v) is 25.9. The zero-order chi connectivity index (χ0) is 51.7. The number of imide groups is 1. The van der Waals surface area contributed by atoms with Crippen LogP contribution in [0.4, 0.5) is 16.6 Å². The van der Waals surface area contributed by atoms with Gasteiger partial charge in [-0.05, 0) is 130 Å². The van der Waals surface area contributed by atoms with E-state index in [1.807, 2.05) is 113 Å². The van der Waals surface area contributed by atoms with E-state index in [-0.39, 0.29) is 48.4 Å². The third kappa shape index (κ3) is 11.0. The van der Waals surface area contributed by atoms with Crippen molar-refractivity contribution in [1.82, 2.24) is 30.0 Å². The molecule has 0 saturated carbocycles. The lowest BCUT2D eigenvalue weighted by Gasteiger charge is -2.31. The Hall–Kier alpha value is -7.54. The number of para-hydroxylation sites is 1. The monoisotopic (exact) mass is 1020 g/mol. The Morgan fingerprint density at radius 2 is 1.66 bits per heavy atom. The topological polar surface area (TPSA) is 199 Å². The molecule has 2 saturated heterocycles. The van der Waals surface area contributed by atoms with E-state index in [1.165, 1.54) is 11.3 Å². The highest BCUT2D eigenvalue weighted by atomic mass is 32.1. The maximum absolute atomic E-state index is 14.0. The van der Waals surface area contributed by atoms with Gasteiger partial charge in [0.05, 0.1) is 46.6 Å². The number of amides is 4. The zero-order valence-electron chi connectivity index (χ0n) is 42.2. The van der Waals surface area contributed by atoms with Gasteiger partial charge in [-0.1, -0.05) is 47.7 Å². The predicted octanol–water partition coefficient (Wildman–Crippen LogP) is 8.34. The van der Waals surface area contributed by atoms with Crippen LogP contribution >= 0.6 is 11.3 Å². The molecule has 382 valence electrons. The fourth-order valence-corrected chi connectivity index (χ4v) is 10.9. The number of benzene rings is 4. The minimum absolute atomic E-state index is 0.0266. The number of ether oxygens (including phenoxy) is 3. The molecule has 10 rings (SSSR count). The van der Waals surface area contributed by atoms with Crippen LogP contribution in [0.15, 0.2) is 91.0 Å². The molecule has 3 aliphatic rings. The van der Waals surface area contributed by atoms with Crippen molar-refractivity contribution >= 4 is 78.7 Å². The van der Waals surface area contributed by atoms with Crippen LogP contribution in [0.3, 0.4) is 0 Å². The van der Waals surface area contributed by atoms with Gasteiger partial charge in [-0.15, -0.1) is 0 Å². The van der Waals surface area contributed by atoms with Crippen molar-refractivity contribution in [3.63, 3.8) is 0 Å². The van der Waals surface area contributed by atoms with E-state index in [2.05, 4.69) is 41.9 Å². The van der Waals surface area contributed by atoms with Crippen molar-refractivity contribution in [3.8, 4) is 16.9 Å². The Balaban J connectivity index is 0.741. The Morgan fingerprint density at radius 3 is 2.46 bits per heavy atom. The minimum atomic E-state index is -0.764. The van der Waals surface area contributed by atoms with Crippen molar-refractivity contribution in [1.29, 1.82) is 0 Å². The molecule has 3 N–H and O–H groups in total. The van der Waals surface area contributed by atoms with E-state index in [1.54, 1.807) is 11.7 Å². The van der Waals surface area contributed by atoms with Gasteiger partial charge in [-0.25, -0.2) is 14.8 Å². The summed E-state index contributed by atoms with van der Waals surface area (Å²) in [5.74, 6) is -0.745. The number of carbonyl (C=O) groups excluding carboxylic acids is 5. The number of hydrogen-bond acceptors (Lipinski definition) is 14. The molecule has 7 aromatic rings. The summed E-state index contributed by atoms with van der Waals surface area (Å²) in [4.78, 5) is 79.0. The van der Waals surface area contributed by atoms with E-state index in [0.29, 0.717) is 91.4 Å². The average Bonchev–Trinajstić information content (AvgIpc) is 3.94. The van der Waals surface area contributed by atoms with E-state index in [0.717, 1.165) is 56.2 Å². The zero-order valence-corrected chi connectivity index (χ0v) is 43.0. The molecule has 6 heterocycles. The number of anilines is 3. The summed E-state index contributed by atoms with van der Waals surface area (Å²) in [5.41, 5.74) is 7.11. The first kappa shape index (κ1) is 50.0. The summed E-state index contributed by atoms with van der Waals surface area (Å²) in [7, 11) is 1.80. The standard InChI is InChI=1S/C56H59N9O8S/c1-33-37(38-18-20-47(59-51(38)54(70)73-56(2,3)4)65-27-22-34-10-8-12-39(42(34)31-65)52(68)61-55-58-43-13-6-7-15-46(43)74-55)11-9-14-45(33)72-29-28-71-36-23-25-64(26-24-36)32-49(67)57-35-16-17-40-44(30-35)63(5)62-50(40)41-19-21-48(66)60-53(41)69/h6-18,20,30,36,41H,19,21-29,31-32H2,1-5H3,(H,57,67)(H,58,61,68)(H,60,66,69). The van der Waals surface area contributed by atoms with Crippen molar-refractivity contribution < 1.29 is 38.2 Å². The minimum Gasteiger partial charge on any atom is -0.491 e. The fourth-order valence-electron chi connectivity index (χ4n) is 10.0. The van der Waals surface area contributed by atoms with Gasteiger partial charge < -0.3 is 24.4 Å². The number of nitrogens with zero attached hydrogens (tertiary/aromatic N) is 6. The van der Waals surface area contributed by atoms with Crippen molar-refractivity contribution in [2.45, 2.75) is 84.0 Å². The fraction of sp³-hybridized carbons (Fsp3) is 0.357. The number of carbonyl (C=O) groups is 5. The molecule has 18 heteroatoms. The van der Waals surface area contributed by atoms with E-state index < -0.39 is 17.5 Å². The summed E-state index contributed by atoms with van der Waals surface area (Å²) in [6, 6.07) is 28.7. The smallest absolute Gasteiger partial charge is 0.358 e. The number of hydrogen-bond donors (Lipinski definition) is 3. The number of likely N-dealkylation sites (tertiary alicyclic amines) is 1. The number of aromatic nitrogens is 4. The van der Waals surface area contributed by atoms with Gasteiger partial charge in [0.15, 0.2) is 10.8 Å². The number of esters is 1. The summed E-state index contributed by atoms with van der Waals surface area (Å²) in [5, 5.41) is 14.4. The van der Waals surface area contributed by atoms with Crippen LogP contribution in [0.5, 0.6) is 5.75 Å². The van der Waals surface area contributed by atoms with Crippen molar-refractivity contribution in [3.05, 3.63) is 125 Å². The number of thiazole rings is 1. The first-order valence-electron chi connectivity index (χ1n) is 25.1. The van der Waals surface area contributed by atoms with Gasteiger partial charge in [-0.2, -0.15) is 5.10 Å². The number of piperidine rings is 2. The number of aryl methyl sites for hydroxylation is 1. The lowest BCUT2D eigenvalue weighted by molar-refractivity contribution is -0.134. The van der Waals surface area contributed by atoms with Crippen LogP contribution in [0.2, 0.25) is 0 Å². The Bertz CT molecular complexity index is 3280. The van der Waals surface area contributed by atoms with E-state index >= 15 is 0 Å². The maximum atomic E-state index is 14.0. The molecule has 2 fully saturated rings. The highest BCUT2D eigenvalue weighted by Gasteiger charge is 2.32. The average molecular weight is 1020 g/mol. The van der Waals surface area contributed by atoms with Gasteiger partial charge >= 0.3 is 5.97 Å². The number of fused-ring (bicyclic) bond motifs is 3. The molecule has 4 aromatic carbocycles. The Labute approximate surface area is 432 Å². The van der Waals surface area contributed by atoms with Crippen LogP contribution in [0, 0.1) is 6.92 Å². The molecule has 0 radical (unpaired) electrons. The Kier molecular flexibility index (Phi) is 14.3. The first-order chi connectivity index (χ1) is 35.6. The highest BCUT2D eigenvalue weighted by molar-refractivity contribution is 7.22. The van der Waals surface area contributed by atoms with Gasteiger partial charge in [0.25, 0.3) is 5.91 Å². The summed E-state index contributed by atoms with van der Waals surface area (Å²) < 4.78 is 21.2. The van der Waals surface area contributed by atoms with E-state index in [9.17, 15) is 24.0 Å². The maximum Gasteiger partial charge on any atom is 0.358 e. The summed E-state index contributed by atoms with van der Waals surface area (Å²) in [6.45, 7) is 10.9. The lowest BCUT2D eigenvalue weighted by Crippen LogP contribution is -2.41. The van der Waals surface area contributed by atoms with Crippen LogP contribution in [0.1, 0.15) is 95.6 Å². The normalized spacial score (nSPS) is 16.5. The van der Waals surface area contributed by atoms with Crippen LogP contribution in [0.25, 0.3) is 32.2 Å². The predicted molar refractivity (Wildman–Crippen MR) is 284 cm³/mol. The largest absolute Gasteiger partial charge is 0.491 e. The van der Waals surface area contributed by atoms with Crippen molar-refractivity contribution in [2.75, 3.05) is 54.9 Å². The second-order valence-corrected chi connectivity index (χ2v) is 21.1. The molecule has 3 aromatic heterocycles. The highest BCUT2D eigenvalue weighted by Crippen LogP contribution is 2.36. The number of rotatable bonds is 14. The molecular weight excluding hydrogens is 959 g/mol. The van der Waals surface area contributed by atoms with Crippen LogP contribution < -0.4 is 25.6 Å². The molecule has 3 aliphatic heterocycles. The molecule has 4 amide bonds. The molecular formula is C56H59N9O8S. The molecule has 1 atom stereocenters. The quantitative estimate of drug-likeness (QED) is 0.0534. The summed E-state index contributed by atoms with van der Waals surface area (Å²) in [6.07, 6.45) is 2.94. The van der Waals surface area contributed by atoms with Gasteiger partial charge in [0.2, 0.25) is 17.7 Å². The van der Waals surface area contributed by atoms with Gasteiger partial charge in [0.1, 0.15) is 23.8 Å². The second kappa shape index (κ2) is 21.1. The molecule has 0 bridgehead atoms. The number of pyridine rings is 1. The van der Waals surface area contributed by atoms with E-state index in [4.69, 9.17) is 19.2 Å². The third-order valence-electron chi connectivity index (χ3n) is 13.7. The van der Waals surface area contributed by atoms with Gasteiger partial charge in [-0.3, -0.25) is 39.4 Å². The van der Waals surface area contributed by atoms with Crippen LogP contribution in [-0.4, -0.2) is 105 Å². The summed E-state index contributed by atoms with van der Waals surface area (Å²) >= 11 is 1.44. The lowest BCUT2D eigenvalue weighted by atomic mass is 9.93. The van der Waals surface area contributed by atoms with Crippen molar-refractivity contribution in [2.24, 2.45) is 7.05 Å². The molecule has 74 heavy (non-hydrogen) atoms. The molecule has 17 nitrogen and oxygen atoms in total. The number of nitrogens with one attached hydrogen (secondary N) is 3. The molecule has 1 unspecified atom stereocenters. The van der Waals surface area contributed by atoms with Gasteiger partial charge in [0, 0.05) is 61.8 Å². The Morgan fingerprint density at radius 1 is 0.851 bits per heavy atom. The SMILES string of the molecule is Cc1c(OCCOC2CCN(CC(=O)Nc3ccc4c(C5CCC(=O)NC5=O)nn(C)c4c3)CC2)cccc1-c1ccc(N2CCc3cccc(C(=O)Nc4nc5ccccc5s4)c3C2)nc1C(=O)OC(C)(C)C. The molecule has 0 aliphatic carbocycles. The molecule has 0 spiro atoms.